The molecule has 1 aliphatic carbocycles. The quantitative estimate of drug-likeness (QED) is 0.249. The number of hydrogen-bond acceptors (Lipinski definition) is 3. The Labute approximate surface area is 215 Å². The summed E-state index contributed by atoms with van der Waals surface area (Å²) in [7, 11) is 2.03. The maximum atomic E-state index is 15.4. The highest BCUT2D eigenvalue weighted by atomic mass is 19.1. The molecule has 1 spiro atoms. The molecule has 2 aliphatic rings. The number of aromatic nitrogens is 1. The number of fused-ring (bicyclic) bond motifs is 3. The number of furan rings is 1. The highest BCUT2D eigenvalue weighted by molar-refractivity contribution is 6.13. The molecule has 0 amide bonds. The van der Waals surface area contributed by atoms with Crippen LogP contribution < -0.4 is 4.57 Å². The number of hydrogen-bond donors (Lipinski definition) is 0. The van der Waals surface area contributed by atoms with Crippen LogP contribution in [0.15, 0.2) is 77.3 Å². The lowest BCUT2D eigenvalue weighted by atomic mass is 9.91. The van der Waals surface area contributed by atoms with Crippen molar-refractivity contribution in [3.05, 3.63) is 89.9 Å². The lowest BCUT2D eigenvalue weighted by Gasteiger charge is -2.29. The highest BCUT2D eigenvalue weighted by Gasteiger charge is 2.48. The summed E-state index contributed by atoms with van der Waals surface area (Å²) in [6, 6.07) is 21.9. The summed E-state index contributed by atoms with van der Waals surface area (Å²) in [5, 5.41) is 1.90. The van der Waals surface area contributed by atoms with Gasteiger partial charge in [-0.15, -0.1) is 0 Å². The maximum absolute atomic E-state index is 15.4. The minimum absolute atomic E-state index is 0.202. The predicted octanol–water partition coefficient (Wildman–Crippen LogP) is 7.20. The fourth-order valence-electron chi connectivity index (χ4n) is 6.41. The van der Waals surface area contributed by atoms with Crippen molar-refractivity contribution in [1.82, 2.24) is 0 Å². The molecule has 1 saturated heterocycles. The molecule has 5 heteroatoms. The van der Waals surface area contributed by atoms with Gasteiger partial charge in [0.2, 0.25) is 5.69 Å². The van der Waals surface area contributed by atoms with Gasteiger partial charge in [-0.25, -0.2) is 8.96 Å². The van der Waals surface area contributed by atoms with Gasteiger partial charge in [-0.1, -0.05) is 36.4 Å². The Bertz CT molecular complexity index is 1640. The minimum Gasteiger partial charge on any atom is -0.454 e. The highest BCUT2D eigenvalue weighted by Crippen LogP contribution is 2.48. The van der Waals surface area contributed by atoms with Gasteiger partial charge in [0.1, 0.15) is 24.0 Å². The van der Waals surface area contributed by atoms with E-state index in [-0.39, 0.29) is 11.7 Å². The Hall–Kier alpha value is -3.54. The molecule has 2 aromatic heterocycles. The lowest BCUT2D eigenvalue weighted by Crippen LogP contribution is -2.32. The van der Waals surface area contributed by atoms with Gasteiger partial charge < -0.3 is 13.9 Å². The van der Waals surface area contributed by atoms with Crippen LogP contribution in [0, 0.1) is 12.7 Å². The number of ether oxygens (including phenoxy) is 2. The van der Waals surface area contributed by atoms with E-state index in [9.17, 15) is 0 Å². The fraction of sp³-hybridized carbons (Fsp3) is 0.281. The monoisotopic (exact) mass is 494 g/mol. The zero-order valence-corrected chi connectivity index (χ0v) is 21.1. The molecule has 0 radical (unpaired) electrons. The van der Waals surface area contributed by atoms with Crippen LogP contribution in [0.3, 0.4) is 0 Å². The molecule has 1 aliphatic heterocycles. The molecule has 5 aromatic rings. The van der Waals surface area contributed by atoms with Crippen molar-refractivity contribution in [2.45, 2.75) is 37.9 Å². The number of nitrogens with zero attached hydrogens (tertiary/aromatic N) is 1. The largest absolute Gasteiger partial charge is 0.454 e. The van der Waals surface area contributed by atoms with Crippen LogP contribution in [0.2, 0.25) is 0 Å². The second-order valence-corrected chi connectivity index (χ2v) is 10.3. The zero-order chi connectivity index (χ0) is 25.1. The molecule has 186 valence electrons. The van der Waals surface area contributed by atoms with Crippen LogP contribution in [0.4, 0.5) is 4.39 Å². The smallest absolute Gasteiger partial charge is 0.216 e. The van der Waals surface area contributed by atoms with Crippen LogP contribution in [0.5, 0.6) is 0 Å². The normalized spacial score (nSPS) is 18.9. The van der Waals surface area contributed by atoms with Crippen molar-refractivity contribution in [2.75, 3.05) is 13.2 Å². The summed E-state index contributed by atoms with van der Waals surface area (Å²) in [5.41, 5.74) is 7.03. The van der Waals surface area contributed by atoms with E-state index in [1.807, 2.05) is 43.6 Å². The van der Waals surface area contributed by atoms with E-state index in [1.165, 1.54) is 5.56 Å². The molecular weight excluding hydrogens is 465 g/mol. The van der Waals surface area contributed by atoms with Gasteiger partial charge in [-0.05, 0) is 54.7 Å². The van der Waals surface area contributed by atoms with Crippen molar-refractivity contribution in [3.63, 3.8) is 0 Å². The van der Waals surface area contributed by atoms with Gasteiger partial charge in [-0.3, -0.25) is 0 Å². The molecule has 7 rings (SSSR count). The number of pyridine rings is 1. The minimum atomic E-state index is -0.493. The molecule has 0 bridgehead atoms. The third kappa shape index (κ3) is 3.45. The van der Waals surface area contributed by atoms with Crippen LogP contribution >= 0.6 is 0 Å². The van der Waals surface area contributed by atoms with Gasteiger partial charge in [0.25, 0.3) is 0 Å². The van der Waals surface area contributed by atoms with Gasteiger partial charge in [0.15, 0.2) is 12.0 Å². The summed E-state index contributed by atoms with van der Waals surface area (Å²) < 4.78 is 36.2. The molecule has 2 fully saturated rings. The van der Waals surface area contributed by atoms with Crippen LogP contribution in [0.1, 0.15) is 36.3 Å². The van der Waals surface area contributed by atoms with E-state index < -0.39 is 5.79 Å². The van der Waals surface area contributed by atoms with Gasteiger partial charge in [0.05, 0.1) is 24.3 Å². The predicted molar refractivity (Wildman–Crippen MR) is 142 cm³/mol. The first-order valence-electron chi connectivity index (χ1n) is 13.0. The third-order valence-corrected chi connectivity index (χ3v) is 8.20. The molecule has 4 nitrogen and oxygen atoms in total. The maximum Gasteiger partial charge on any atom is 0.216 e. The number of halogens is 1. The van der Waals surface area contributed by atoms with E-state index in [1.54, 1.807) is 6.07 Å². The Kier molecular flexibility index (Phi) is 5.20. The average molecular weight is 495 g/mol. The molecular formula is C32H29FNO3+. The van der Waals surface area contributed by atoms with Crippen molar-refractivity contribution in [3.8, 4) is 22.4 Å². The lowest BCUT2D eigenvalue weighted by molar-refractivity contribution is -0.660. The fourth-order valence-corrected chi connectivity index (χ4v) is 6.41. The second-order valence-electron chi connectivity index (χ2n) is 10.3. The standard InChI is InChI=1S/C32H29FNO3/c1-20-8-13-23-24-14-15-26(33)29(31(24)37-30(23)28(20)27-7-3-4-17-34(27)2)22-11-9-21(10-12-22)25-6-5-16-32(25)35-18-19-36-32/h3-4,7-15,17,25H,5-6,16,18-19H2,1-2H3/q+1. The summed E-state index contributed by atoms with van der Waals surface area (Å²) in [6.07, 6.45) is 5.07. The van der Waals surface area contributed by atoms with Crippen LogP contribution in [0.25, 0.3) is 44.3 Å². The van der Waals surface area contributed by atoms with E-state index in [2.05, 4.69) is 41.8 Å². The van der Waals surface area contributed by atoms with Crippen molar-refractivity contribution in [1.29, 1.82) is 0 Å². The number of rotatable bonds is 3. The van der Waals surface area contributed by atoms with Crippen LogP contribution in [-0.4, -0.2) is 19.0 Å². The number of benzene rings is 3. The molecule has 1 atom stereocenters. The second kappa shape index (κ2) is 8.51. The molecule has 3 aromatic carbocycles. The van der Waals surface area contributed by atoms with E-state index in [4.69, 9.17) is 13.9 Å². The summed E-state index contributed by atoms with van der Waals surface area (Å²) >= 11 is 0. The van der Waals surface area contributed by atoms with Crippen molar-refractivity contribution < 1.29 is 22.8 Å². The van der Waals surface area contributed by atoms with E-state index >= 15 is 4.39 Å². The zero-order valence-electron chi connectivity index (χ0n) is 21.1. The third-order valence-electron chi connectivity index (χ3n) is 8.20. The summed E-state index contributed by atoms with van der Waals surface area (Å²) in [4.78, 5) is 0. The Morgan fingerprint density at radius 3 is 2.35 bits per heavy atom. The molecule has 3 heterocycles. The Balaban J connectivity index is 1.38. The number of aryl methyl sites for hydroxylation is 2. The van der Waals surface area contributed by atoms with Gasteiger partial charge in [0, 0.05) is 35.2 Å². The topological polar surface area (TPSA) is 35.5 Å². The van der Waals surface area contributed by atoms with Gasteiger partial charge in [-0.2, -0.15) is 0 Å². The average Bonchev–Trinajstić information content (AvgIpc) is 3.64. The molecule has 1 saturated carbocycles. The van der Waals surface area contributed by atoms with E-state index in [0.29, 0.717) is 24.4 Å². The first-order chi connectivity index (χ1) is 18.1. The van der Waals surface area contributed by atoms with E-state index in [0.717, 1.165) is 58.0 Å². The van der Waals surface area contributed by atoms with Crippen LogP contribution in [-0.2, 0) is 16.5 Å². The van der Waals surface area contributed by atoms with Crippen molar-refractivity contribution >= 4 is 21.9 Å². The Morgan fingerprint density at radius 2 is 1.59 bits per heavy atom. The summed E-state index contributed by atoms with van der Waals surface area (Å²) in [6.45, 7) is 3.38. The molecule has 0 N–H and O–H groups in total. The Morgan fingerprint density at radius 1 is 0.865 bits per heavy atom. The molecule has 1 unspecified atom stereocenters. The first kappa shape index (κ1) is 22.6. The van der Waals surface area contributed by atoms with Gasteiger partial charge >= 0.3 is 0 Å². The summed E-state index contributed by atoms with van der Waals surface area (Å²) in [5.74, 6) is -0.580. The first-order valence-corrected chi connectivity index (χ1v) is 13.0. The van der Waals surface area contributed by atoms with Crippen molar-refractivity contribution in [2.24, 2.45) is 7.05 Å². The SMILES string of the molecule is Cc1ccc2c(oc3c(-c4ccc(C5CCCC56OCCO6)cc4)c(F)ccc32)c1-c1cccc[n+]1C. The molecule has 37 heavy (non-hydrogen) atoms.